The van der Waals surface area contributed by atoms with E-state index in [4.69, 9.17) is 5.14 Å². The summed E-state index contributed by atoms with van der Waals surface area (Å²) in [6, 6.07) is 6.44. The monoisotopic (exact) mass is 327 g/mol. The molecule has 0 saturated heterocycles. The molecule has 0 fully saturated rings. The van der Waals surface area contributed by atoms with Gasteiger partial charge in [-0.1, -0.05) is 31.9 Å². The summed E-state index contributed by atoms with van der Waals surface area (Å²) in [5, 5.41) is 11.0. The van der Waals surface area contributed by atoms with Crippen LogP contribution in [0.1, 0.15) is 31.7 Å². The fraction of sp³-hybridized carbons (Fsp3) is 0.533. The normalized spacial score (nSPS) is 11.4. The first-order valence-corrected chi connectivity index (χ1v) is 9.07. The van der Waals surface area contributed by atoms with Crippen molar-refractivity contribution in [1.29, 1.82) is 0 Å². The summed E-state index contributed by atoms with van der Waals surface area (Å²) in [5.41, 5.74) is 0.989. The van der Waals surface area contributed by atoms with Gasteiger partial charge in [0.15, 0.2) is 0 Å². The minimum Gasteiger partial charge on any atom is -0.355 e. The Labute approximate surface area is 132 Å². The van der Waals surface area contributed by atoms with Gasteiger partial charge in [0.25, 0.3) is 0 Å². The second kappa shape index (κ2) is 9.55. The first-order chi connectivity index (χ1) is 10.4. The standard InChI is InChI=1S/C15H25N3O3S/c1-2-3-4-10-18-15(19)12-17-11-9-13-5-7-14(8-6-13)22(16,20)21/h5-8,17H,2-4,9-12H2,1H3,(H,18,19)(H2,16,20,21). The van der Waals surface area contributed by atoms with Crippen LogP contribution in [0.3, 0.4) is 0 Å². The van der Waals surface area contributed by atoms with Crippen LogP contribution in [0.15, 0.2) is 29.2 Å². The van der Waals surface area contributed by atoms with E-state index in [1.165, 1.54) is 12.1 Å². The molecule has 0 aliphatic rings. The Morgan fingerprint density at radius 1 is 1.14 bits per heavy atom. The van der Waals surface area contributed by atoms with Crippen molar-refractivity contribution in [1.82, 2.24) is 10.6 Å². The number of rotatable bonds is 10. The number of carbonyl (C=O) groups is 1. The number of nitrogens with one attached hydrogen (secondary N) is 2. The van der Waals surface area contributed by atoms with Gasteiger partial charge in [-0.15, -0.1) is 0 Å². The fourth-order valence-corrected chi connectivity index (χ4v) is 2.46. The molecule has 6 nitrogen and oxygen atoms in total. The molecule has 0 spiro atoms. The molecular weight excluding hydrogens is 302 g/mol. The van der Waals surface area contributed by atoms with Gasteiger partial charge in [-0.2, -0.15) is 0 Å². The van der Waals surface area contributed by atoms with E-state index in [2.05, 4.69) is 17.6 Å². The second-order valence-corrected chi connectivity index (χ2v) is 6.73. The Morgan fingerprint density at radius 3 is 2.41 bits per heavy atom. The number of primary sulfonamides is 1. The fourth-order valence-electron chi connectivity index (χ4n) is 1.95. The summed E-state index contributed by atoms with van der Waals surface area (Å²) < 4.78 is 22.3. The first kappa shape index (κ1) is 18.6. The molecule has 0 aromatic heterocycles. The van der Waals surface area contributed by atoms with Gasteiger partial charge in [0.2, 0.25) is 15.9 Å². The lowest BCUT2D eigenvalue weighted by Gasteiger charge is -2.07. The third kappa shape index (κ3) is 7.53. The predicted octanol–water partition coefficient (Wildman–Crippen LogP) is 0.773. The molecule has 4 N–H and O–H groups in total. The molecule has 0 aliphatic heterocycles. The lowest BCUT2D eigenvalue weighted by molar-refractivity contribution is -0.120. The van der Waals surface area contributed by atoms with Gasteiger partial charge in [0, 0.05) is 6.54 Å². The largest absolute Gasteiger partial charge is 0.355 e. The number of hydrogen-bond acceptors (Lipinski definition) is 4. The van der Waals surface area contributed by atoms with Crippen LogP contribution in [0.4, 0.5) is 0 Å². The van der Waals surface area contributed by atoms with Crippen LogP contribution in [0, 0.1) is 0 Å². The Hall–Kier alpha value is -1.44. The SMILES string of the molecule is CCCCCNC(=O)CNCCc1ccc(S(N)(=O)=O)cc1. The van der Waals surface area contributed by atoms with Gasteiger partial charge >= 0.3 is 0 Å². The van der Waals surface area contributed by atoms with Gasteiger partial charge in [0.05, 0.1) is 11.4 Å². The summed E-state index contributed by atoms with van der Waals surface area (Å²) in [5.74, 6) is 0.000626. The molecule has 1 aromatic rings. The van der Waals surface area contributed by atoms with Crippen molar-refractivity contribution in [2.75, 3.05) is 19.6 Å². The van der Waals surface area contributed by atoms with E-state index in [0.717, 1.165) is 31.4 Å². The van der Waals surface area contributed by atoms with Crippen molar-refractivity contribution >= 4 is 15.9 Å². The zero-order valence-electron chi connectivity index (χ0n) is 13.0. The van der Waals surface area contributed by atoms with E-state index in [1.54, 1.807) is 12.1 Å². The molecule has 124 valence electrons. The quantitative estimate of drug-likeness (QED) is 0.553. The van der Waals surface area contributed by atoms with Crippen molar-refractivity contribution < 1.29 is 13.2 Å². The minimum absolute atomic E-state index is 0.000626. The summed E-state index contributed by atoms with van der Waals surface area (Å²) in [4.78, 5) is 11.6. The maximum absolute atomic E-state index is 11.5. The van der Waals surface area contributed by atoms with Crippen molar-refractivity contribution in [3.05, 3.63) is 29.8 Å². The van der Waals surface area contributed by atoms with Crippen LogP contribution in [0.5, 0.6) is 0 Å². The van der Waals surface area contributed by atoms with Gasteiger partial charge in [-0.3, -0.25) is 4.79 Å². The highest BCUT2D eigenvalue weighted by Crippen LogP contribution is 2.08. The summed E-state index contributed by atoms with van der Waals surface area (Å²) in [6.45, 7) is 3.79. The number of carbonyl (C=O) groups excluding carboxylic acids is 1. The minimum atomic E-state index is -3.64. The van der Waals surface area contributed by atoms with E-state index in [0.29, 0.717) is 19.5 Å². The number of unbranched alkanes of at least 4 members (excludes halogenated alkanes) is 2. The number of nitrogens with two attached hydrogens (primary N) is 1. The van der Waals surface area contributed by atoms with E-state index in [1.807, 2.05) is 0 Å². The molecule has 7 heteroatoms. The van der Waals surface area contributed by atoms with Gasteiger partial charge in [0.1, 0.15) is 0 Å². The highest BCUT2D eigenvalue weighted by Gasteiger charge is 2.06. The van der Waals surface area contributed by atoms with E-state index < -0.39 is 10.0 Å². The van der Waals surface area contributed by atoms with E-state index in [9.17, 15) is 13.2 Å². The highest BCUT2D eigenvalue weighted by atomic mass is 32.2. The molecule has 0 bridgehead atoms. The highest BCUT2D eigenvalue weighted by molar-refractivity contribution is 7.89. The van der Waals surface area contributed by atoms with Crippen LogP contribution < -0.4 is 15.8 Å². The zero-order chi connectivity index (χ0) is 16.4. The summed E-state index contributed by atoms with van der Waals surface area (Å²) >= 11 is 0. The van der Waals surface area contributed by atoms with Crippen LogP contribution in [-0.2, 0) is 21.2 Å². The smallest absolute Gasteiger partial charge is 0.238 e. The average Bonchev–Trinajstić information content (AvgIpc) is 2.48. The summed E-state index contributed by atoms with van der Waals surface area (Å²) in [6.07, 6.45) is 3.99. The van der Waals surface area contributed by atoms with Crippen molar-refractivity contribution in [3.8, 4) is 0 Å². The van der Waals surface area contributed by atoms with Crippen molar-refractivity contribution in [3.63, 3.8) is 0 Å². The number of amides is 1. The average molecular weight is 327 g/mol. The van der Waals surface area contributed by atoms with E-state index in [-0.39, 0.29) is 10.8 Å². The molecule has 0 radical (unpaired) electrons. The molecule has 1 aromatic carbocycles. The van der Waals surface area contributed by atoms with Crippen LogP contribution >= 0.6 is 0 Å². The summed E-state index contributed by atoms with van der Waals surface area (Å²) in [7, 11) is -3.64. The molecule has 1 rings (SSSR count). The van der Waals surface area contributed by atoms with Crippen molar-refractivity contribution in [2.45, 2.75) is 37.5 Å². The third-order valence-corrected chi connectivity index (χ3v) is 4.16. The topological polar surface area (TPSA) is 101 Å². The molecule has 0 aliphatic carbocycles. The molecule has 22 heavy (non-hydrogen) atoms. The Morgan fingerprint density at radius 2 is 1.82 bits per heavy atom. The molecule has 0 saturated carbocycles. The molecular formula is C15H25N3O3S. The van der Waals surface area contributed by atoms with Gasteiger partial charge in [-0.25, -0.2) is 13.6 Å². The van der Waals surface area contributed by atoms with Crippen molar-refractivity contribution in [2.24, 2.45) is 5.14 Å². The molecule has 0 unspecified atom stereocenters. The maximum atomic E-state index is 11.5. The molecule has 0 heterocycles. The Balaban J connectivity index is 2.20. The van der Waals surface area contributed by atoms with Gasteiger partial charge in [-0.05, 0) is 37.1 Å². The zero-order valence-corrected chi connectivity index (χ0v) is 13.8. The first-order valence-electron chi connectivity index (χ1n) is 7.52. The lowest BCUT2D eigenvalue weighted by Crippen LogP contribution is -2.35. The van der Waals surface area contributed by atoms with Crippen LogP contribution in [0.25, 0.3) is 0 Å². The third-order valence-electron chi connectivity index (χ3n) is 3.23. The number of benzene rings is 1. The Kier molecular flexibility index (Phi) is 8.08. The molecule has 0 atom stereocenters. The Bertz CT molecular complexity index is 556. The number of hydrogen-bond donors (Lipinski definition) is 3. The van der Waals surface area contributed by atoms with Crippen LogP contribution in [-0.4, -0.2) is 34.0 Å². The van der Waals surface area contributed by atoms with Crippen LogP contribution in [0.2, 0.25) is 0 Å². The van der Waals surface area contributed by atoms with Gasteiger partial charge < -0.3 is 10.6 Å². The predicted molar refractivity (Wildman–Crippen MR) is 86.9 cm³/mol. The van der Waals surface area contributed by atoms with E-state index >= 15 is 0 Å². The number of sulfonamides is 1. The maximum Gasteiger partial charge on any atom is 0.238 e. The second-order valence-electron chi connectivity index (χ2n) is 5.17. The molecule has 1 amide bonds. The lowest BCUT2D eigenvalue weighted by atomic mass is 10.1.